The van der Waals surface area contributed by atoms with Gasteiger partial charge in [-0.15, -0.1) is 0 Å². The maximum Gasteiger partial charge on any atom is 0.256 e. The highest BCUT2D eigenvalue weighted by molar-refractivity contribution is 5.99. The van der Waals surface area contributed by atoms with Crippen molar-refractivity contribution in [3.63, 3.8) is 0 Å². The first kappa shape index (κ1) is 23.9. The number of aromatic nitrogens is 2. The van der Waals surface area contributed by atoms with Gasteiger partial charge in [0.25, 0.3) is 5.91 Å². The van der Waals surface area contributed by atoms with Crippen LogP contribution in [0.3, 0.4) is 0 Å². The molecule has 6 rings (SSSR count). The third-order valence-corrected chi connectivity index (χ3v) is 8.62. The first-order valence-corrected chi connectivity index (χ1v) is 12.8. The van der Waals surface area contributed by atoms with Gasteiger partial charge in [0.1, 0.15) is 11.4 Å². The van der Waals surface area contributed by atoms with E-state index >= 15 is 0 Å². The van der Waals surface area contributed by atoms with Crippen LogP contribution in [0.15, 0.2) is 12.3 Å². The molecule has 5 aliphatic rings. The summed E-state index contributed by atoms with van der Waals surface area (Å²) in [4.78, 5) is 28.1. The SMILES string of the molecule is CC(C)(/C=C/n1ncc(C(=O)NC2C3CC4CC2CC(C(N)=O)(C4)C3)c1N1CCOCC1)CC#N. The van der Waals surface area contributed by atoms with Crippen molar-refractivity contribution in [3.05, 3.63) is 17.8 Å². The second kappa shape index (κ2) is 8.98. The van der Waals surface area contributed by atoms with Gasteiger partial charge in [-0.1, -0.05) is 19.9 Å². The number of nitrogens with one attached hydrogen (secondary N) is 1. The van der Waals surface area contributed by atoms with Crippen molar-refractivity contribution < 1.29 is 14.3 Å². The molecular weight excluding hydrogens is 444 g/mol. The lowest BCUT2D eigenvalue weighted by molar-refractivity contribution is -0.145. The zero-order chi connectivity index (χ0) is 24.8. The number of amides is 2. The molecule has 1 saturated heterocycles. The van der Waals surface area contributed by atoms with Crippen molar-refractivity contribution in [1.29, 1.82) is 5.26 Å². The van der Waals surface area contributed by atoms with E-state index in [4.69, 9.17) is 15.7 Å². The maximum atomic E-state index is 13.6. The molecule has 0 aromatic carbocycles. The molecule has 1 aromatic rings. The van der Waals surface area contributed by atoms with Crippen molar-refractivity contribution >= 4 is 23.8 Å². The van der Waals surface area contributed by atoms with Crippen molar-refractivity contribution in [2.24, 2.45) is 34.3 Å². The summed E-state index contributed by atoms with van der Waals surface area (Å²) in [5, 5.41) is 17.0. The molecule has 9 heteroatoms. The first-order valence-electron chi connectivity index (χ1n) is 12.8. The smallest absolute Gasteiger partial charge is 0.256 e. The minimum absolute atomic E-state index is 0.0671. The molecule has 2 atom stereocenters. The Morgan fingerprint density at radius 1 is 1.29 bits per heavy atom. The predicted molar refractivity (Wildman–Crippen MR) is 131 cm³/mol. The van der Waals surface area contributed by atoms with Crippen molar-refractivity contribution in [2.45, 2.75) is 58.4 Å². The van der Waals surface area contributed by atoms with Gasteiger partial charge in [-0.3, -0.25) is 9.59 Å². The Hall–Kier alpha value is -2.86. The summed E-state index contributed by atoms with van der Waals surface area (Å²) < 4.78 is 7.28. The third-order valence-electron chi connectivity index (χ3n) is 8.62. The summed E-state index contributed by atoms with van der Waals surface area (Å²) in [5.74, 6) is 1.61. The third kappa shape index (κ3) is 4.44. The van der Waals surface area contributed by atoms with E-state index in [9.17, 15) is 9.59 Å². The molecule has 4 bridgehead atoms. The summed E-state index contributed by atoms with van der Waals surface area (Å²) in [6.07, 6.45) is 10.5. The number of hydrogen-bond donors (Lipinski definition) is 2. The van der Waals surface area contributed by atoms with Crippen LogP contribution in [-0.4, -0.2) is 53.9 Å². The van der Waals surface area contributed by atoms with Gasteiger partial charge >= 0.3 is 0 Å². The number of anilines is 1. The van der Waals surface area contributed by atoms with Crippen LogP contribution in [0.5, 0.6) is 0 Å². The summed E-state index contributed by atoms with van der Waals surface area (Å²) in [6, 6.07) is 2.29. The molecule has 1 aromatic heterocycles. The topological polar surface area (TPSA) is 126 Å². The number of allylic oxidation sites excluding steroid dienone is 1. The number of rotatable bonds is 7. The van der Waals surface area contributed by atoms with Crippen molar-refractivity contribution in [1.82, 2.24) is 15.1 Å². The number of nitrogens with two attached hydrogens (primary N) is 1. The van der Waals surface area contributed by atoms with Crippen LogP contribution in [0, 0.1) is 39.9 Å². The Morgan fingerprint density at radius 2 is 1.97 bits per heavy atom. The van der Waals surface area contributed by atoms with E-state index < -0.39 is 0 Å². The summed E-state index contributed by atoms with van der Waals surface area (Å²) in [5.41, 5.74) is 5.71. The standard InChI is InChI=1S/C26H36N6O3/c1-25(2,3-5-27)4-6-32-23(31-7-9-35-10-8-31)20(16-29-32)22(33)30-21-18-11-17-12-19(21)15-26(13-17,14-18)24(28)34/h4,6,16-19,21H,3,7-15H2,1-2H3,(H2,28,34)(H,30,33)/b6-4+. The predicted octanol–water partition coefficient (Wildman–Crippen LogP) is 2.54. The average molecular weight is 481 g/mol. The lowest BCUT2D eigenvalue weighted by Gasteiger charge is -2.58. The van der Waals surface area contributed by atoms with Gasteiger partial charge in [0.05, 0.1) is 25.5 Å². The number of nitrogens with zero attached hydrogens (tertiary/aromatic N) is 4. The highest BCUT2D eigenvalue weighted by Crippen LogP contribution is 2.60. The van der Waals surface area contributed by atoms with Gasteiger partial charge in [-0.25, -0.2) is 4.68 Å². The van der Waals surface area contributed by atoms with Gasteiger partial charge in [0, 0.05) is 37.2 Å². The molecule has 4 aliphatic carbocycles. The molecular formula is C26H36N6O3. The van der Waals surface area contributed by atoms with Crippen LogP contribution < -0.4 is 16.0 Å². The first-order chi connectivity index (χ1) is 16.7. The van der Waals surface area contributed by atoms with Gasteiger partial charge in [-0.05, 0) is 55.3 Å². The van der Waals surface area contributed by atoms with Crippen LogP contribution in [-0.2, 0) is 9.53 Å². The maximum absolute atomic E-state index is 13.6. The molecule has 4 saturated carbocycles. The number of nitriles is 1. The number of carbonyl (C=O) groups is 2. The molecule has 3 N–H and O–H groups in total. The number of carbonyl (C=O) groups excluding carboxylic acids is 2. The lowest BCUT2D eigenvalue weighted by atomic mass is 9.47. The van der Waals surface area contributed by atoms with E-state index in [1.807, 2.05) is 26.1 Å². The summed E-state index contributed by atoms with van der Waals surface area (Å²) in [6.45, 7) is 6.56. The van der Waals surface area contributed by atoms with Gasteiger partial charge < -0.3 is 20.7 Å². The average Bonchev–Trinajstić information content (AvgIpc) is 3.24. The van der Waals surface area contributed by atoms with Gasteiger partial charge in [0.15, 0.2) is 0 Å². The molecule has 35 heavy (non-hydrogen) atoms. The van der Waals surface area contributed by atoms with E-state index in [1.54, 1.807) is 10.9 Å². The Morgan fingerprint density at radius 3 is 2.60 bits per heavy atom. The number of ether oxygens (including phenoxy) is 1. The summed E-state index contributed by atoms with van der Waals surface area (Å²) >= 11 is 0. The van der Waals surface area contributed by atoms with Crippen molar-refractivity contribution in [2.75, 3.05) is 31.2 Å². The van der Waals surface area contributed by atoms with E-state index in [-0.39, 0.29) is 28.7 Å². The van der Waals surface area contributed by atoms with Crippen molar-refractivity contribution in [3.8, 4) is 6.07 Å². The highest BCUT2D eigenvalue weighted by Gasteiger charge is 2.58. The van der Waals surface area contributed by atoms with E-state index in [1.165, 1.54) is 0 Å². The molecule has 1 aliphatic heterocycles. The largest absolute Gasteiger partial charge is 0.378 e. The summed E-state index contributed by atoms with van der Waals surface area (Å²) in [7, 11) is 0. The Labute approximate surface area is 206 Å². The lowest BCUT2D eigenvalue weighted by Crippen LogP contribution is -2.62. The fourth-order valence-corrected chi connectivity index (χ4v) is 7.04. The van der Waals surface area contributed by atoms with Crippen LogP contribution in [0.1, 0.15) is 62.7 Å². The Bertz CT molecular complexity index is 1050. The van der Waals surface area contributed by atoms with E-state index in [0.29, 0.717) is 56.0 Å². The quantitative estimate of drug-likeness (QED) is 0.618. The normalized spacial score (nSPS) is 32.1. The number of hydrogen-bond acceptors (Lipinski definition) is 6. The van der Waals surface area contributed by atoms with Crippen LogP contribution >= 0.6 is 0 Å². The number of morpholine rings is 1. The van der Waals surface area contributed by atoms with E-state index in [0.717, 1.165) is 37.9 Å². The van der Waals surface area contributed by atoms with Crippen LogP contribution in [0.2, 0.25) is 0 Å². The Balaban J connectivity index is 1.39. The van der Waals surface area contributed by atoms with Gasteiger partial charge in [-0.2, -0.15) is 10.4 Å². The zero-order valence-electron chi connectivity index (χ0n) is 20.7. The van der Waals surface area contributed by atoms with Crippen LogP contribution in [0.25, 0.3) is 6.20 Å². The Kier molecular flexibility index (Phi) is 6.12. The second-order valence-corrected chi connectivity index (χ2v) is 11.7. The molecule has 2 unspecified atom stereocenters. The zero-order valence-corrected chi connectivity index (χ0v) is 20.7. The number of primary amides is 1. The monoisotopic (exact) mass is 480 g/mol. The fraction of sp³-hybridized carbons (Fsp3) is 0.692. The molecule has 188 valence electrons. The highest BCUT2D eigenvalue weighted by atomic mass is 16.5. The van der Waals surface area contributed by atoms with Crippen LogP contribution in [0.4, 0.5) is 5.82 Å². The molecule has 2 heterocycles. The molecule has 2 amide bonds. The molecule has 0 spiro atoms. The minimum Gasteiger partial charge on any atom is -0.378 e. The van der Waals surface area contributed by atoms with E-state index in [2.05, 4.69) is 21.4 Å². The molecule has 5 fully saturated rings. The fourth-order valence-electron chi connectivity index (χ4n) is 7.04. The molecule has 9 nitrogen and oxygen atoms in total. The molecule has 0 radical (unpaired) electrons. The minimum atomic E-state index is -0.372. The van der Waals surface area contributed by atoms with Gasteiger partial charge in [0.2, 0.25) is 5.91 Å². The second-order valence-electron chi connectivity index (χ2n) is 11.7.